The number of amides is 1. The molecule has 0 aliphatic heterocycles. The zero-order chi connectivity index (χ0) is 13.5. The van der Waals surface area contributed by atoms with Crippen LogP contribution in [0.1, 0.15) is 13.8 Å². The van der Waals surface area contributed by atoms with Crippen LogP contribution in [0.25, 0.3) is 0 Å². The number of carbonyl (C=O) groups excluding carboxylic acids is 1. The van der Waals surface area contributed by atoms with E-state index >= 15 is 0 Å². The molecule has 1 amide bonds. The van der Waals surface area contributed by atoms with Crippen molar-refractivity contribution < 1.29 is 9.53 Å². The maximum atomic E-state index is 12.2. The average molecular weight is 250 g/mol. The molecule has 0 saturated carbocycles. The van der Waals surface area contributed by atoms with E-state index < -0.39 is 0 Å². The Morgan fingerprint density at radius 3 is 2.50 bits per heavy atom. The second kappa shape index (κ2) is 7.01. The van der Waals surface area contributed by atoms with Crippen LogP contribution < -0.4 is 15.0 Å². The predicted octanol–water partition coefficient (Wildman–Crippen LogP) is 1.90. The van der Waals surface area contributed by atoms with Gasteiger partial charge in [0.2, 0.25) is 5.91 Å². The second-order valence-electron chi connectivity index (χ2n) is 4.30. The van der Waals surface area contributed by atoms with Gasteiger partial charge in [-0.05, 0) is 30.8 Å². The summed E-state index contributed by atoms with van der Waals surface area (Å²) in [6, 6.07) is 7.48. The highest BCUT2D eigenvalue weighted by molar-refractivity contribution is 5.94. The number of rotatable bonds is 6. The van der Waals surface area contributed by atoms with Crippen molar-refractivity contribution in [1.82, 2.24) is 5.32 Å². The smallest absolute Gasteiger partial charge is 0.230 e. The molecule has 1 aromatic rings. The molecule has 0 radical (unpaired) electrons. The van der Waals surface area contributed by atoms with Crippen LogP contribution >= 0.6 is 0 Å². The fourth-order valence-corrected chi connectivity index (χ4v) is 1.71. The van der Waals surface area contributed by atoms with E-state index in [-0.39, 0.29) is 11.8 Å². The first-order valence-corrected chi connectivity index (χ1v) is 6.22. The van der Waals surface area contributed by atoms with Gasteiger partial charge in [-0.2, -0.15) is 0 Å². The minimum absolute atomic E-state index is 0.0305. The summed E-state index contributed by atoms with van der Waals surface area (Å²) in [6.45, 7) is 5.55. The molecule has 1 aromatic carbocycles. The van der Waals surface area contributed by atoms with E-state index in [9.17, 15) is 4.79 Å². The van der Waals surface area contributed by atoms with E-state index in [4.69, 9.17) is 4.74 Å². The maximum Gasteiger partial charge on any atom is 0.230 e. The van der Waals surface area contributed by atoms with Crippen LogP contribution in [0.3, 0.4) is 0 Å². The molecule has 4 nitrogen and oxygen atoms in total. The largest absolute Gasteiger partial charge is 0.497 e. The van der Waals surface area contributed by atoms with Crippen LogP contribution in [0.5, 0.6) is 5.75 Å². The summed E-state index contributed by atoms with van der Waals surface area (Å²) in [5.74, 6) is 0.874. The van der Waals surface area contributed by atoms with E-state index in [0.717, 1.165) is 18.0 Å². The van der Waals surface area contributed by atoms with Gasteiger partial charge in [-0.25, -0.2) is 0 Å². The fraction of sp³-hybridized carbons (Fsp3) is 0.500. The monoisotopic (exact) mass is 250 g/mol. The number of nitrogens with zero attached hydrogens (tertiary/aromatic N) is 1. The highest BCUT2D eigenvalue weighted by Gasteiger charge is 2.18. The van der Waals surface area contributed by atoms with Crippen molar-refractivity contribution in [2.45, 2.75) is 13.8 Å². The van der Waals surface area contributed by atoms with Crippen LogP contribution in [0, 0.1) is 5.92 Å². The number of hydrogen-bond acceptors (Lipinski definition) is 3. The van der Waals surface area contributed by atoms with Gasteiger partial charge in [0.1, 0.15) is 5.75 Å². The molecule has 0 saturated heterocycles. The van der Waals surface area contributed by atoms with Gasteiger partial charge in [-0.15, -0.1) is 0 Å². The lowest BCUT2D eigenvalue weighted by atomic mass is 10.1. The third kappa shape index (κ3) is 3.74. The van der Waals surface area contributed by atoms with Gasteiger partial charge in [0, 0.05) is 25.2 Å². The number of anilines is 1. The minimum Gasteiger partial charge on any atom is -0.497 e. The quantitative estimate of drug-likeness (QED) is 0.838. The molecule has 0 heterocycles. The first-order chi connectivity index (χ1) is 8.60. The van der Waals surface area contributed by atoms with Gasteiger partial charge in [0.15, 0.2) is 0 Å². The molecule has 0 spiro atoms. The zero-order valence-corrected chi connectivity index (χ0v) is 11.6. The number of methoxy groups -OCH3 is 1. The van der Waals surface area contributed by atoms with Crippen molar-refractivity contribution in [3.8, 4) is 5.75 Å². The summed E-state index contributed by atoms with van der Waals surface area (Å²) in [5.41, 5.74) is 0.879. The predicted molar refractivity (Wildman–Crippen MR) is 74.1 cm³/mol. The van der Waals surface area contributed by atoms with Crippen molar-refractivity contribution in [1.29, 1.82) is 0 Å². The van der Waals surface area contributed by atoms with Gasteiger partial charge >= 0.3 is 0 Å². The Kier molecular flexibility index (Phi) is 5.65. The molecule has 18 heavy (non-hydrogen) atoms. The molecule has 1 N–H and O–H groups in total. The van der Waals surface area contributed by atoms with Crippen molar-refractivity contribution >= 4 is 11.6 Å². The van der Waals surface area contributed by atoms with Crippen molar-refractivity contribution in [3.63, 3.8) is 0 Å². The van der Waals surface area contributed by atoms with E-state index in [0.29, 0.717) is 6.54 Å². The molecule has 1 unspecified atom stereocenters. The number of benzene rings is 1. The molecule has 0 aromatic heterocycles. The molecular formula is C14H22N2O2. The van der Waals surface area contributed by atoms with Gasteiger partial charge in [0.05, 0.1) is 7.11 Å². The zero-order valence-electron chi connectivity index (χ0n) is 11.6. The number of ether oxygens (including phenoxy) is 1. The molecular weight excluding hydrogens is 228 g/mol. The number of nitrogens with one attached hydrogen (secondary N) is 1. The van der Waals surface area contributed by atoms with Crippen molar-refractivity contribution in [2.75, 3.05) is 32.1 Å². The second-order valence-corrected chi connectivity index (χ2v) is 4.30. The summed E-state index contributed by atoms with van der Waals surface area (Å²) >= 11 is 0. The lowest BCUT2D eigenvalue weighted by Gasteiger charge is -2.21. The lowest BCUT2D eigenvalue weighted by molar-refractivity contribution is -0.121. The van der Waals surface area contributed by atoms with Crippen molar-refractivity contribution in [3.05, 3.63) is 24.3 Å². The molecule has 0 bridgehead atoms. The fourth-order valence-electron chi connectivity index (χ4n) is 1.71. The summed E-state index contributed by atoms with van der Waals surface area (Å²) in [4.78, 5) is 13.8. The van der Waals surface area contributed by atoms with Gasteiger partial charge < -0.3 is 15.0 Å². The molecule has 0 aliphatic rings. The summed E-state index contributed by atoms with van der Waals surface area (Å²) < 4.78 is 5.10. The Hall–Kier alpha value is -1.55. The summed E-state index contributed by atoms with van der Waals surface area (Å²) in [5, 5.41) is 3.19. The van der Waals surface area contributed by atoms with Crippen LogP contribution in [0.2, 0.25) is 0 Å². The number of hydrogen-bond donors (Lipinski definition) is 1. The normalized spacial score (nSPS) is 12.0. The summed E-state index contributed by atoms with van der Waals surface area (Å²) in [7, 11) is 3.43. The lowest BCUT2D eigenvalue weighted by Crippen LogP contribution is -2.36. The topological polar surface area (TPSA) is 41.6 Å². The maximum absolute atomic E-state index is 12.2. The van der Waals surface area contributed by atoms with Gasteiger partial charge in [0.25, 0.3) is 0 Å². The van der Waals surface area contributed by atoms with Crippen LogP contribution in [-0.2, 0) is 4.79 Å². The Morgan fingerprint density at radius 1 is 1.39 bits per heavy atom. The molecule has 0 fully saturated rings. The van der Waals surface area contributed by atoms with E-state index in [1.165, 1.54) is 0 Å². The Balaban J connectivity index is 2.67. The Morgan fingerprint density at radius 2 is 2.00 bits per heavy atom. The average Bonchev–Trinajstić information content (AvgIpc) is 2.43. The van der Waals surface area contributed by atoms with E-state index in [2.05, 4.69) is 5.32 Å². The summed E-state index contributed by atoms with van der Waals surface area (Å²) in [6.07, 6.45) is 0. The Bertz CT molecular complexity index is 376. The van der Waals surface area contributed by atoms with Gasteiger partial charge in [-0.1, -0.05) is 13.8 Å². The molecule has 0 aliphatic carbocycles. The van der Waals surface area contributed by atoms with Crippen LogP contribution in [0.4, 0.5) is 5.69 Å². The number of carbonyl (C=O) groups is 1. The van der Waals surface area contributed by atoms with Crippen LogP contribution in [-0.4, -0.2) is 33.2 Å². The third-order valence-corrected chi connectivity index (χ3v) is 2.91. The van der Waals surface area contributed by atoms with E-state index in [1.807, 2.05) is 38.1 Å². The van der Waals surface area contributed by atoms with Crippen molar-refractivity contribution in [2.24, 2.45) is 5.92 Å². The SMILES string of the molecule is CCNCC(C)C(=O)N(C)c1ccc(OC)cc1. The Labute approximate surface area is 109 Å². The molecule has 100 valence electrons. The highest BCUT2D eigenvalue weighted by Crippen LogP contribution is 2.19. The van der Waals surface area contributed by atoms with Gasteiger partial charge in [-0.3, -0.25) is 4.79 Å². The third-order valence-electron chi connectivity index (χ3n) is 2.91. The molecule has 4 heteroatoms. The molecule has 1 rings (SSSR count). The minimum atomic E-state index is -0.0305. The van der Waals surface area contributed by atoms with Crippen LogP contribution in [0.15, 0.2) is 24.3 Å². The first kappa shape index (κ1) is 14.5. The highest BCUT2D eigenvalue weighted by atomic mass is 16.5. The first-order valence-electron chi connectivity index (χ1n) is 6.22. The standard InChI is InChI=1S/C14H22N2O2/c1-5-15-10-11(2)14(17)16(3)12-6-8-13(18-4)9-7-12/h6-9,11,15H,5,10H2,1-4H3. The molecule has 1 atom stereocenters. The van der Waals surface area contributed by atoms with E-state index in [1.54, 1.807) is 19.1 Å².